The summed E-state index contributed by atoms with van der Waals surface area (Å²) in [5.41, 5.74) is 1.14. The highest BCUT2D eigenvalue weighted by Crippen LogP contribution is 2.45. The van der Waals surface area contributed by atoms with Crippen LogP contribution in [-0.4, -0.2) is 23.7 Å². The van der Waals surface area contributed by atoms with Crippen LogP contribution in [-0.2, 0) is 0 Å². The molecule has 1 N–H and O–H groups in total. The van der Waals surface area contributed by atoms with E-state index in [0.717, 1.165) is 4.47 Å². The van der Waals surface area contributed by atoms with Crippen LogP contribution in [0.3, 0.4) is 0 Å². The lowest BCUT2D eigenvalue weighted by Gasteiger charge is -2.15. The van der Waals surface area contributed by atoms with E-state index in [0.29, 0.717) is 44.9 Å². The fourth-order valence-corrected chi connectivity index (χ4v) is 3.41. The number of hydrogen-bond acceptors (Lipinski definition) is 4. The smallest absolute Gasteiger partial charge is 0.259 e. The Bertz CT molecular complexity index is 970. The largest absolute Gasteiger partial charge is 0.493 e. The molecule has 0 saturated heterocycles. The molecule has 7 heteroatoms. The summed E-state index contributed by atoms with van der Waals surface area (Å²) in [4.78, 5) is 19.7. The quantitative estimate of drug-likeness (QED) is 0.630. The van der Waals surface area contributed by atoms with Gasteiger partial charge in [0.2, 0.25) is 0 Å². The zero-order valence-electron chi connectivity index (χ0n) is 13.0. The maximum absolute atomic E-state index is 12.3. The van der Waals surface area contributed by atoms with Crippen molar-refractivity contribution in [1.29, 1.82) is 0 Å². The highest BCUT2D eigenvalue weighted by Gasteiger charge is 2.19. The zero-order valence-corrected chi connectivity index (χ0v) is 16.2. The maximum Gasteiger partial charge on any atom is 0.259 e. The van der Waals surface area contributed by atoms with Gasteiger partial charge in [-0.1, -0.05) is 12.1 Å². The average molecular weight is 454 g/mol. The van der Waals surface area contributed by atoms with E-state index in [1.807, 2.05) is 25.1 Å². The molecule has 0 saturated carbocycles. The van der Waals surface area contributed by atoms with Gasteiger partial charge in [0.15, 0.2) is 11.5 Å². The number of fused-ring (bicyclic) bond motifs is 1. The van der Waals surface area contributed by atoms with Gasteiger partial charge >= 0.3 is 0 Å². The van der Waals surface area contributed by atoms with Gasteiger partial charge in [-0.3, -0.25) is 4.79 Å². The van der Waals surface area contributed by atoms with E-state index in [2.05, 4.69) is 41.8 Å². The first-order valence-corrected chi connectivity index (χ1v) is 8.83. The second-order valence-corrected chi connectivity index (χ2v) is 6.53. The number of aromatic amines is 1. The van der Waals surface area contributed by atoms with Crippen molar-refractivity contribution >= 4 is 42.8 Å². The molecule has 0 aliphatic rings. The van der Waals surface area contributed by atoms with Gasteiger partial charge in [-0.25, -0.2) is 4.98 Å². The third-order valence-electron chi connectivity index (χ3n) is 3.50. The molecule has 1 heterocycles. The molecular weight excluding hydrogens is 440 g/mol. The number of halogens is 2. The van der Waals surface area contributed by atoms with Gasteiger partial charge in [0, 0.05) is 10.0 Å². The van der Waals surface area contributed by atoms with Crippen LogP contribution < -0.4 is 15.0 Å². The Morgan fingerprint density at radius 3 is 2.67 bits per heavy atom. The highest BCUT2D eigenvalue weighted by molar-refractivity contribution is 9.13. The van der Waals surface area contributed by atoms with Crippen molar-refractivity contribution in [2.75, 3.05) is 13.7 Å². The van der Waals surface area contributed by atoms with Crippen LogP contribution in [0, 0.1) is 0 Å². The summed E-state index contributed by atoms with van der Waals surface area (Å²) in [5, 5.41) is 0.550. The molecule has 0 aliphatic heterocycles. The molecule has 0 spiro atoms. The highest BCUT2D eigenvalue weighted by atomic mass is 79.9. The third-order valence-corrected chi connectivity index (χ3v) is 5.62. The summed E-state index contributed by atoms with van der Waals surface area (Å²) in [6.45, 7) is 2.40. The maximum atomic E-state index is 12.3. The number of H-pyrrole nitrogens is 1. The Hall–Kier alpha value is -1.86. The number of ether oxygens (including phenoxy) is 2. The van der Waals surface area contributed by atoms with E-state index < -0.39 is 0 Å². The number of aromatic nitrogens is 2. The summed E-state index contributed by atoms with van der Waals surface area (Å²) in [6.07, 6.45) is 0. The van der Waals surface area contributed by atoms with Gasteiger partial charge in [0.25, 0.3) is 5.56 Å². The normalized spacial score (nSPS) is 10.8. The van der Waals surface area contributed by atoms with Crippen molar-refractivity contribution < 1.29 is 9.47 Å². The van der Waals surface area contributed by atoms with Crippen LogP contribution in [0.5, 0.6) is 11.5 Å². The van der Waals surface area contributed by atoms with E-state index >= 15 is 0 Å². The van der Waals surface area contributed by atoms with Crippen LogP contribution in [0.2, 0.25) is 0 Å². The van der Waals surface area contributed by atoms with Gasteiger partial charge in [-0.2, -0.15) is 0 Å². The number of rotatable bonds is 4. The number of benzene rings is 2. The molecule has 3 aromatic rings. The minimum atomic E-state index is -0.188. The summed E-state index contributed by atoms with van der Waals surface area (Å²) < 4.78 is 12.5. The van der Waals surface area contributed by atoms with E-state index in [1.54, 1.807) is 19.2 Å². The Kier molecular flexibility index (Phi) is 4.91. The topological polar surface area (TPSA) is 64.2 Å². The summed E-state index contributed by atoms with van der Waals surface area (Å²) in [6, 6.07) is 9.00. The van der Waals surface area contributed by atoms with Gasteiger partial charge in [0.05, 0.1) is 29.1 Å². The lowest BCUT2D eigenvalue weighted by molar-refractivity contribution is 0.309. The second kappa shape index (κ2) is 6.94. The summed E-state index contributed by atoms with van der Waals surface area (Å²) in [5.74, 6) is 1.60. The van der Waals surface area contributed by atoms with E-state index in [9.17, 15) is 4.79 Å². The first-order valence-electron chi connectivity index (χ1n) is 7.25. The second-order valence-electron chi connectivity index (χ2n) is 4.95. The number of hydrogen-bond donors (Lipinski definition) is 1. The zero-order chi connectivity index (χ0) is 17.3. The van der Waals surface area contributed by atoms with E-state index in [1.165, 1.54) is 0 Å². The fourth-order valence-electron chi connectivity index (χ4n) is 2.40. The predicted molar refractivity (Wildman–Crippen MR) is 101 cm³/mol. The van der Waals surface area contributed by atoms with Crippen molar-refractivity contribution in [3.05, 3.63) is 49.6 Å². The monoisotopic (exact) mass is 452 g/mol. The number of para-hydroxylation sites is 1. The molecule has 1 aromatic heterocycles. The van der Waals surface area contributed by atoms with Gasteiger partial charge in [-0.05, 0) is 57.0 Å². The van der Waals surface area contributed by atoms with E-state index in [4.69, 9.17) is 9.47 Å². The number of nitrogens with one attached hydrogen (secondary N) is 1. The van der Waals surface area contributed by atoms with Crippen molar-refractivity contribution in [2.45, 2.75) is 6.92 Å². The molecule has 0 fully saturated rings. The first-order chi connectivity index (χ1) is 11.6. The Morgan fingerprint density at radius 2 is 1.96 bits per heavy atom. The SMILES string of the molecule is CCOc1c(OC)cc(-c2nc3ccccc3c(=O)[nH]2)c(Br)c1Br. The Balaban J connectivity index is 2.26. The minimum Gasteiger partial charge on any atom is -0.493 e. The molecular formula is C17H14Br2N2O3. The molecule has 2 aromatic carbocycles. The number of methoxy groups -OCH3 is 1. The van der Waals surface area contributed by atoms with Crippen molar-refractivity contribution in [3.8, 4) is 22.9 Å². The van der Waals surface area contributed by atoms with Crippen molar-refractivity contribution in [2.24, 2.45) is 0 Å². The summed E-state index contributed by atoms with van der Waals surface area (Å²) in [7, 11) is 1.57. The Labute approximate surface area is 155 Å². The predicted octanol–water partition coefficient (Wildman–Crippen LogP) is 4.52. The van der Waals surface area contributed by atoms with Crippen LogP contribution >= 0.6 is 31.9 Å². The molecule has 0 aliphatic carbocycles. The lowest BCUT2D eigenvalue weighted by atomic mass is 10.1. The average Bonchev–Trinajstić information content (AvgIpc) is 2.59. The van der Waals surface area contributed by atoms with Crippen LogP contribution in [0.1, 0.15) is 6.92 Å². The van der Waals surface area contributed by atoms with Crippen molar-refractivity contribution in [3.63, 3.8) is 0 Å². The Morgan fingerprint density at radius 1 is 1.21 bits per heavy atom. The molecule has 5 nitrogen and oxygen atoms in total. The fraction of sp³-hybridized carbons (Fsp3) is 0.176. The molecule has 3 rings (SSSR count). The van der Waals surface area contributed by atoms with Crippen LogP contribution in [0.15, 0.2) is 44.1 Å². The molecule has 24 heavy (non-hydrogen) atoms. The van der Waals surface area contributed by atoms with Crippen LogP contribution in [0.25, 0.3) is 22.3 Å². The molecule has 0 atom stereocenters. The molecule has 0 amide bonds. The first kappa shape index (κ1) is 17.0. The van der Waals surface area contributed by atoms with E-state index in [-0.39, 0.29) is 5.56 Å². The lowest BCUT2D eigenvalue weighted by Crippen LogP contribution is -2.10. The standard InChI is InChI=1S/C17H14Br2N2O3/c1-3-24-15-12(23-2)8-10(13(18)14(15)19)16-20-11-7-5-4-6-9(11)17(22)21-16/h4-8H,3H2,1-2H3,(H,20,21,22). The molecule has 124 valence electrons. The number of nitrogens with zero attached hydrogens (tertiary/aromatic N) is 1. The van der Waals surface area contributed by atoms with Gasteiger partial charge in [-0.15, -0.1) is 0 Å². The van der Waals surface area contributed by atoms with Crippen molar-refractivity contribution in [1.82, 2.24) is 9.97 Å². The minimum absolute atomic E-state index is 0.188. The van der Waals surface area contributed by atoms with Gasteiger partial charge < -0.3 is 14.5 Å². The summed E-state index contributed by atoms with van der Waals surface area (Å²) >= 11 is 7.06. The third kappa shape index (κ3) is 2.93. The van der Waals surface area contributed by atoms with Crippen LogP contribution in [0.4, 0.5) is 0 Å². The molecule has 0 radical (unpaired) electrons. The molecule has 0 bridgehead atoms. The van der Waals surface area contributed by atoms with Gasteiger partial charge in [0.1, 0.15) is 5.82 Å². The molecule has 0 unspecified atom stereocenters.